The SMILES string of the molecule is CCCOc1cc2cc(c1)Sc1cc(OCCC)cc(c1)Sc1cc(OCCC)cc(c1)Sc1cc(OCCC)cc(c1)S2. The third-order valence-corrected chi connectivity index (χ3v) is 10.0. The molecule has 0 fully saturated rings. The fourth-order valence-corrected chi connectivity index (χ4v) is 8.69. The Morgan fingerprint density at radius 1 is 0.318 bits per heavy atom. The molecule has 0 spiro atoms. The molecule has 1 heterocycles. The summed E-state index contributed by atoms with van der Waals surface area (Å²) in [6.07, 6.45) is 3.83. The zero-order chi connectivity index (χ0) is 30.7. The Balaban J connectivity index is 1.63. The highest BCUT2D eigenvalue weighted by Gasteiger charge is 2.14. The highest BCUT2D eigenvalue weighted by atomic mass is 32.2. The molecule has 0 aliphatic carbocycles. The molecule has 232 valence electrons. The van der Waals surface area contributed by atoms with Crippen molar-refractivity contribution in [2.75, 3.05) is 26.4 Å². The summed E-state index contributed by atoms with van der Waals surface area (Å²) < 4.78 is 24.6. The van der Waals surface area contributed by atoms with Crippen LogP contribution in [0.4, 0.5) is 0 Å². The Morgan fingerprint density at radius 3 is 0.659 bits per heavy atom. The summed E-state index contributed by atoms with van der Waals surface area (Å²) in [4.78, 5) is 9.01. The number of rotatable bonds is 12. The predicted octanol–water partition coefficient (Wildman–Crippen LogP) is 11.8. The zero-order valence-electron chi connectivity index (χ0n) is 25.9. The number of hydrogen-bond acceptors (Lipinski definition) is 8. The van der Waals surface area contributed by atoms with Crippen molar-refractivity contribution in [2.24, 2.45) is 0 Å². The fraction of sp³-hybridized carbons (Fsp3) is 0.333. The lowest BCUT2D eigenvalue weighted by atomic mass is 10.3. The summed E-state index contributed by atoms with van der Waals surface area (Å²) in [6, 6.07) is 26.1. The van der Waals surface area contributed by atoms with Crippen molar-refractivity contribution in [2.45, 2.75) is 92.5 Å². The Morgan fingerprint density at radius 2 is 0.500 bits per heavy atom. The van der Waals surface area contributed by atoms with E-state index in [2.05, 4.69) is 100 Å². The summed E-state index contributed by atoms with van der Waals surface area (Å²) in [5.41, 5.74) is 0. The number of ether oxygens (including phenoxy) is 4. The second-order valence-electron chi connectivity index (χ2n) is 10.4. The van der Waals surface area contributed by atoms with E-state index in [0.29, 0.717) is 26.4 Å². The normalized spacial score (nSPS) is 12.5. The molecule has 4 aromatic carbocycles. The maximum atomic E-state index is 6.15. The molecule has 4 aromatic rings. The van der Waals surface area contributed by atoms with Gasteiger partial charge >= 0.3 is 0 Å². The van der Waals surface area contributed by atoms with E-state index < -0.39 is 0 Å². The topological polar surface area (TPSA) is 36.9 Å². The van der Waals surface area contributed by atoms with Crippen LogP contribution in [0.1, 0.15) is 53.4 Å². The van der Waals surface area contributed by atoms with Crippen molar-refractivity contribution >= 4 is 47.0 Å². The molecule has 4 nitrogen and oxygen atoms in total. The lowest BCUT2D eigenvalue weighted by Crippen LogP contribution is -1.97. The molecule has 8 heteroatoms. The molecule has 5 rings (SSSR count). The first kappa shape index (κ1) is 32.9. The standard InChI is InChI=1S/C36H40O4S4/c1-5-9-37-25-13-29-21-30(14-25)42-32-16-27(39-11-7-3)18-34(23-32)44-36-20-28(40-12-8-4)19-35(24-36)43-33-17-26(38-10-6-2)15-31(22-33)41-29/h13-24H,5-12H2,1-4H3. The fourth-order valence-electron chi connectivity index (χ4n) is 4.41. The minimum Gasteiger partial charge on any atom is -0.494 e. The van der Waals surface area contributed by atoms with E-state index in [4.69, 9.17) is 18.9 Å². The minimum absolute atomic E-state index is 0.683. The van der Waals surface area contributed by atoms with Crippen LogP contribution in [0.25, 0.3) is 0 Å². The third kappa shape index (κ3) is 9.74. The van der Waals surface area contributed by atoms with Crippen molar-refractivity contribution in [1.82, 2.24) is 0 Å². The average molecular weight is 665 g/mol. The smallest absolute Gasteiger partial charge is 0.121 e. The van der Waals surface area contributed by atoms with Gasteiger partial charge in [-0.15, -0.1) is 0 Å². The number of benzene rings is 4. The molecule has 0 N–H and O–H groups in total. The largest absolute Gasteiger partial charge is 0.494 e. The molecule has 1 aliphatic rings. The second-order valence-corrected chi connectivity index (χ2v) is 15.0. The maximum absolute atomic E-state index is 6.15. The van der Waals surface area contributed by atoms with Gasteiger partial charge in [0.1, 0.15) is 23.0 Å². The highest BCUT2D eigenvalue weighted by molar-refractivity contribution is 8.01. The quantitative estimate of drug-likeness (QED) is 0.130. The first-order chi connectivity index (χ1) is 21.5. The van der Waals surface area contributed by atoms with E-state index >= 15 is 0 Å². The third-order valence-electron chi connectivity index (χ3n) is 6.25. The van der Waals surface area contributed by atoms with Crippen LogP contribution in [0, 0.1) is 0 Å². The van der Waals surface area contributed by atoms with Crippen LogP contribution in [0.2, 0.25) is 0 Å². The summed E-state index contributed by atoms with van der Waals surface area (Å²) in [7, 11) is 0. The van der Waals surface area contributed by atoms with Crippen LogP contribution < -0.4 is 18.9 Å². The molecule has 0 amide bonds. The number of fused-ring (bicyclic) bond motifs is 8. The van der Waals surface area contributed by atoms with Crippen molar-refractivity contribution in [3.8, 4) is 23.0 Å². The first-order valence-corrected chi connectivity index (χ1v) is 18.6. The van der Waals surface area contributed by atoms with Gasteiger partial charge in [0.05, 0.1) is 26.4 Å². The average Bonchev–Trinajstić information content (AvgIpc) is 3.00. The van der Waals surface area contributed by atoms with E-state index in [1.54, 1.807) is 47.0 Å². The molecule has 44 heavy (non-hydrogen) atoms. The van der Waals surface area contributed by atoms with Crippen LogP contribution in [0.15, 0.2) is 112 Å². The number of hydrogen-bond donors (Lipinski definition) is 0. The van der Waals surface area contributed by atoms with Gasteiger partial charge in [-0.1, -0.05) is 74.7 Å². The van der Waals surface area contributed by atoms with Crippen LogP contribution in [0.5, 0.6) is 23.0 Å². The Bertz CT molecular complexity index is 1230. The summed E-state index contributed by atoms with van der Waals surface area (Å²) in [5, 5.41) is 0. The van der Waals surface area contributed by atoms with Gasteiger partial charge in [-0.25, -0.2) is 0 Å². The first-order valence-electron chi connectivity index (χ1n) is 15.4. The van der Waals surface area contributed by atoms with Gasteiger partial charge in [0.2, 0.25) is 0 Å². The molecular weight excluding hydrogens is 625 g/mol. The lowest BCUT2D eigenvalue weighted by molar-refractivity contribution is 0.316. The van der Waals surface area contributed by atoms with Gasteiger partial charge in [0.15, 0.2) is 0 Å². The van der Waals surface area contributed by atoms with E-state index in [9.17, 15) is 0 Å². The van der Waals surface area contributed by atoms with Crippen LogP contribution in [-0.4, -0.2) is 26.4 Å². The van der Waals surface area contributed by atoms with Crippen molar-refractivity contribution in [1.29, 1.82) is 0 Å². The molecular formula is C36H40O4S4. The van der Waals surface area contributed by atoms with Crippen LogP contribution in [0.3, 0.4) is 0 Å². The second kappa shape index (κ2) is 16.7. The monoisotopic (exact) mass is 664 g/mol. The van der Waals surface area contributed by atoms with Crippen molar-refractivity contribution < 1.29 is 18.9 Å². The van der Waals surface area contributed by atoms with Crippen LogP contribution in [-0.2, 0) is 0 Å². The molecule has 0 unspecified atom stereocenters. The zero-order valence-corrected chi connectivity index (χ0v) is 29.1. The molecule has 0 saturated carbocycles. The summed E-state index contributed by atoms with van der Waals surface area (Å²) in [6.45, 7) is 11.3. The van der Waals surface area contributed by atoms with Crippen LogP contribution >= 0.6 is 47.0 Å². The molecule has 0 saturated heterocycles. The van der Waals surface area contributed by atoms with Gasteiger partial charge in [-0.3, -0.25) is 0 Å². The van der Waals surface area contributed by atoms with Gasteiger partial charge in [-0.05, 0) is 98.5 Å². The van der Waals surface area contributed by atoms with Crippen molar-refractivity contribution in [3.63, 3.8) is 0 Å². The Labute approximate surface area is 279 Å². The predicted molar refractivity (Wildman–Crippen MR) is 185 cm³/mol. The van der Waals surface area contributed by atoms with Gasteiger partial charge < -0.3 is 18.9 Å². The summed E-state index contributed by atoms with van der Waals surface area (Å²) >= 11 is 6.94. The van der Waals surface area contributed by atoms with E-state index in [0.717, 1.165) is 87.8 Å². The van der Waals surface area contributed by atoms with Crippen molar-refractivity contribution in [3.05, 3.63) is 72.8 Å². The Kier molecular flexibility index (Phi) is 12.5. The minimum atomic E-state index is 0.683. The summed E-state index contributed by atoms with van der Waals surface area (Å²) in [5.74, 6) is 3.54. The maximum Gasteiger partial charge on any atom is 0.121 e. The molecule has 1 aliphatic heterocycles. The van der Waals surface area contributed by atoms with E-state index in [1.165, 1.54) is 0 Å². The van der Waals surface area contributed by atoms with E-state index in [1.807, 2.05) is 0 Å². The van der Waals surface area contributed by atoms with Gasteiger partial charge in [0, 0.05) is 39.2 Å². The lowest BCUT2D eigenvalue weighted by Gasteiger charge is -2.16. The molecule has 8 bridgehead atoms. The molecule has 0 aromatic heterocycles. The highest BCUT2D eigenvalue weighted by Crippen LogP contribution is 2.44. The van der Waals surface area contributed by atoms with E-state index in [-0.39, 0.29) is 0 Å². The van der Waals surface area contributed by atoms with Gasteiger partial charge in [-0.2, -0.15) is 0 Å². The molecule has 0 radical (unpaired) electrons. The Hall–Kier alpha value is -2.52. The van der Waals surface area contributed by atoms with Gasteiger partial charge in [0.25, 0.3) is 0 Å². The molecule has 0 atom stereocenters.